The Morgan fingerprint density at radius 2 is 2.06 bits per heavy atom. The van der Waals surface area contributed by atoms with Gasteiger partial charge >= 0.3 is 0 Å². The van der Waals surface area contributed by atoms with Crippen molar-refractivity contribution in [3.63, 3.8) is 0 Å². The van der Waals surface area contributed by atoms with Crippen LogP contribution in [0.25, 0.3) is 0 Å². The van der Waals surface area contributed by atoms with E-state index in [4.69, 9.17) is 4.74 Å². The molecular weight excluding hydrogens is 233 g/mol. The molecule has 1 N–H and O–H groups in total. The van der Waals surface area contributed by atoms with Gasteiger partial charge in [0.2, 0.25) is 0 Å². The van der Waals surface area contributed by atoms with E-state index in [0.29, 0.717) is 19.7 Å². The number of nitrogens with one attached hydrogen (secondary N) is 1. The van der Waals surface area contributed by atoms with Gasteiger partial charge in [-0.15, -0.1) is 0 Å². The summed E-state index contributed by atoms with van der Waals surface area (Å²) in [5.41, 5.74) is 1.04. The third-order valence-corrected chi connectivity index (χ3v) is 2.50. The minimum Gasteiger partial charge on any atom is -0.383 e. The monoisotopic (exact) mass is 253 g/mol. The molecule has 1 rings (SSSR count). The molecule has 1 aromatic rings. The molecule has 0 aliphatic carbocycles. The van der Waals surface area contributed by atoms with Gasteiger partial charge in [0.1, 0.15) is 5.82 Å². The third-order valence-electron chi connectivity index (χ3n) is 2.50. The van der Waals surface area contributed by atoms with Crippen molar-refractivity contribution in [2.45, 2.75) is 6.54 Å². The molecule has 0 saturated heterocycles. The van der Waals surface area contributed by atoms with E-state index in [1.54, 1.807) is 26.3 Å². The van der Waals surface area contributed by atoms with Crippen molar-refractivity contribution < 1.29 is 9.13 Å². The average molecular weight is 253 g/mol. The van der Waals surface area contributed by atoms with Crippen molar-refractivity contribution in [3.05, 3.63) is 35.6 Å². The number of rotatable bonds is 5. The first-order valence-electron chi connectivity index (χ1n) is 5.82. The Morgan fingerprint density at radius 3 is 2.61 bits per heavy atom. The van der Waals surface area contributed by atoms with Gasteiger partial charge in [-0.2, -0.15) is 0 Å². The minimum absolute atomic E-state index is 0.219. The highest BCUT2D eigenvalue weighted by molar-refractivity contribution is 5.79. The Balaban J connectivity index is 2.51. The van der Waals surface area contributed by atoms with Crippen LogP contribution in [-0.2, 0) is 11.3 Å². The SMILES string of the molecule is CN=C(NCCOC)N(C)Cc1ccc(F)cc1. The van der Waals surface area contributed by atoms with Crippen LogP contribution in [0.15, 0.2) is 29.3 Å². The van der Waals surface area contributed by atoms with E-state index >= 15 is 0 Å². The van der Waals surface area contributed by atoms with E-state index in [-0.39, 0.29) is 5.82 Å². The molecule has 0 radical (unpaired) electrons. The largest absolute Gasteiger partial charge is 0.383 e. The number of hydrogen-bond acceptors (Lipinski definition) is 2. The molecule has 5 heteroatoms. The fourth-order valence-corrected chi connectivity index (χ4v) is 1.59. The standard InChI is InChI=1S/C13H20FN3O/c1-15-13(16-8-9-18-3)17(2)10-11-4-6-12(14)7-5-11/h4-7H,8-10H2,1-3H3,(H,15,16). The second kappa shape index (κ2) is 7.66. The molecule has 0 unspecified atom stereocenters. The number of methoxy groups -OCH3 is 1. The molecular formula is C13H20FN3O. The first-order chi connectivity index (χ1) is 8.67. The van der Waals surface area contributed by atoms with E-state index in [9.17, 15) is 4.39 Å². The van der Waals surface area contributed by atoms with Crippen molar-refractivity contribution in [2.24, 2.45) is 4.99 Å². The van der Waals surface area contributed by atoms with E-state index in [0.717, 1.165) is 11.5 Å². The first kappa shape index (κ1) is 14.4. The van der Waals surface area contributed by atoms with Crippen LogP contribution < -0.4 is 5.32 Å². The summed E-state index contributed by atoms with van der Waals surface area (Å²) in [5, 5.41) is 3.18. The summed E-state index contributed by atoms with van der Waals surface area (Å²) in [4.78, 5) is 6.15. The van der Waals surface area contributed by atoms with E-state index < -0.39 is 0 Å². The summed E-state index contributed by atoms with van der Waals surface area (Å²) >= 11 is 0. The van der Waals surface area contributed by atoms with Gasteiger partial charge in [-0.05, 0) is 17.7 Å². The number of hydrogen-bond donors (Lipinski definition) is 1. The molecule has 0 amide bonds. The minimum atomic E-state index is -0.219. The molecule has 0 aliphatic rings. The number of nitrogens with zero attached hydrogens (tertiary/aromatic N) is 2. The van der Waals surface area contributed by atoms with Crippen molar-refractivity contribution in [3.8, 4) is 0 Å². The maximum Gasteiger partial charge on any atom is 0.193 e. The molecule has 0 bridgehead atoms. The molecule has 0 fully saturated rings. The Bertz CT molecular complexity index is 378. The highest BCUT2D eigenvalue weighted by Crippen LogP contribution is 2.05. The Labute approximate surface area is 107 Å². The summed E-state index contributed by atoms with van der Waals surface area (Å²) in [5.74, 6) is 0.570. The summed E-state index contributed by atoms with van der Waals surface area (Å²) < 4.78 is 17.8. The van der Waals surface area contributed by atoms with Crippen LogP contribution in [0.3, 0.4) is 0 Å². The van der Waals surface area contributed by atoms with E-state index in [1.807, 2.05) is 11.9 Å². The zero-order valence-corrected chi connectivity index (χ0v) is 11.1. The predicted octanol–water partition coefficient (Wildman–Crippen LogP) is 1.48. The summed E-state index contributed by atoms with van der Waals surface area (Å²) in [6.45, 7) is 2.01. The van der Waals surface area contributed by atoms with E-state index in [1.165, 1.54) is 12.1 Å². The number of aliphatic imine (C=N–C) groups is 1. The van der Waals surface area contributed by atoms with Gasteiger partial charge in [-0.3, -0.25) is 4.99 Å². The van der Waals surface area contributed by atoms with Gasteiger partial charge < -0.3 is 15.0 Å². The zero-order chi connectivity index (χ0) is 13.4. The van der Waals surface area contributed by atoms with Crippen LogP contribution in [0.1, 0.15) is 5.56 Å². The molecule has 18 heavy (non-hydrogen) atoms. The second-order valence-electron chi connectivity index (χ2n) is 3.95. The van der Waals surface area contributed by atoms with Gasteiger partial charge in [0, 0.05) is 34.3 Å². The molecule has 4 nitrogen and oxygen atoms in total. The van der Waals surface area contributed by atoms with Gasteiger partial charge in [-0.1, -0.05) is 12.1 Å². The van der Waals surface area contributed by atoms with Gasteiger partial charge in [0.15, 0.2) is 5.96 Å². The lowest BCUT2D eigenvalue weighted by Crippen LogP contribution is -2.39. The highest BCUT2D eigenvalue weighted by atomic mass is 19.1. The molecule has 0 spiro atoms. The smallest absolute Gasteiger partial charge is 0.193 e. The van der Waals surface area contributed by atoms with Crippen LogP contribution in [-0.4, -0.2) is 45.2 Å². The van der Waals surface area contributed by atoms with Gasteiger partial charge in [0.05, 0.1) is 6.61 Å². The lowest BCUT2D eigenvalue weighted by Gasteiger charge is -2.22. The summed E-state index contributed by atoms with van der Waals surface area (Å²) in [6.07, 6.45) is 0. The Kier molecular flexibility index (Phi) is 6.14. The maximum absolute atomic E-state index is 12.8. The molecule has 0 atom stereocenters. The van der Waals surface area contributed by atoms with Crippen LogP contribution in [0.5, 0.6) is 0 Å². The molecule has 0 heterocycles. The quantitative estimate of drug-likeness (QED) is 0.490. The number of halogens is 1. The van der Waals surface area contributed by atoms with Crippen molar-refractivity contribution >= 4 is 5.96 Å². The van der Waals surface area contributed by atoms with Gasteiger partial charge in [-0.25, -0.2) is 4.39 Å². The summed E-state index contributed by atoms with van der Waals surface area (Å²) in [7, 11) is 5.33. The molecule has 0 saturated carbocycles. The topological polar surface area (TPSA) is 36.9 Å². The molecule has 1 aromatic carbocycles. The summed E-state index contributed by atoms with van der Waals surface area (Å²) in [6, 6.07) is 6.47. The van der Waals surface area contributed by atoms with Crippen LogP contribution in [0, 0.1) is 5.82 Å². The van der Waals surface area contributed by atoms with Crippen LogP contribution in [0.4, 0.5) is 4.39 Å². The maximum atomic E-state index is 12.8. The molecule has 0 aliphatic heterocycles. The normalized spacial score (nSPS) is 11.4. The van der Waals surface area contributed by atoms with Crippen LogP contribution in [0.2, 0.25) is 0 Å². The third kappa shape index (κ3) is 4.71. The number of ether oxygens (including phenoxy) is 1. The number of guanidine groups is 1. The first-order valence-corrected chi connectivity index (χ1v) is 5.82. The second-order valence-corrected chi connectivity index (χ2v) is 3.95. The molecule has 100 valence electrons. The Morgan fingerprint density at radius 1 is 1.39 bits per heavy atom. The van der Waals surface area contributed by atoms with Gasteiger partial charge in [0.25, 0.3) is 0 Å². The highest BCUT2D eigenvalue weighted by Gasteiger charge is 2.05. The molecule has 0 aromatic heterocycles. The average Bonchev–Trinajstić information content (AvgIpc) is 2.37. The Hall–Kier alpha value is -1.62. The van der Waals surface area contributed by atoms with Crippen molar-refractivity contribution in [2.75, 3.05) is 34.4 Å². The number of benzene rings is 1. The lowest BCUT2D eigenvalue weighted by atomic mass is 10.2. The zero-order valence-electron chi connectivity index (χ0n) is 11.1. The lowest BCUT2D eigenvalue weighted by molar-refractivity contribution is 0.203. The fourth-order valence-electron chi connectivity index (χ4n) is 1.59. The fraction of sp³-hybridized carbons (Fsp3) is 0.462. The van der Waals surface area contributed by atoms with Crippen molar-refractivity contribution in [1.82, 2.24) is 10.2 Å². The van der Waals surface area contributed by atoms with E-state index in [2.05, 4.69) is 10.3 Å². The predicted molar refractivity (Wildman–Crippen MR) is 71.1 cm³/mol. The van der Waals surface area contributed by atoms with Crippen LogP contribution >= 0.6 is 0 Å². The van der Waals surface area contributed by atoms with Crippen molar-refractivity contribution in [1.29, 1.82) is 0 Å².